The van der Waals surface area contributed by atoms with E-state index in [1.165, 1.54) is 0 Å². The fourth-order valence-corrected chi connectivity index (χ4v) is 4.62. The van der Waals surface area contributed by atoms with Crippen molar-refractivity contribution < 1.29 is 18.7 Å². The molecule has 0 amide bonds. The number of ether oxygens (including phenoxy) is 2. The van der Waals surface area contributed by atoms with Crippen molar-refractivity contribution >= 4 is 5.97 Å². The van der Waals surface area contributed by atoms with E-state index in [-0.39, 0.29) is 23.3 Å². The van der Waals surface area contributed by atoms with Crippen LogP contribution in [0.5, 0.6) is 0 Å². The Labute approximate surface area is 160 Å². The van der Waals surface area contributed by atoms with Crippen LogP contribution in [0.2, 0.25) is 0 Å². The first-order valence-electron chi connectivity index (χ1n) is 10.0. The molecule has 0 aromatic heterocycles. The highest BCUT2D eigenvalue weighted by Gasteiger charge is 2.50. The number of esters is 1. The van der Waals surface area contributed by atoms with Crippen molar-refractivity contribution in [2.24, 2.45) is 5.41 Å². The van der Waals surface area contributed by atoms with Gasteiger partial charge in [-0.1, -0.05) is 12.1 Å². The van der Waals surface area contributed by atoms with Crippen LogP contribution in [-0.4, -0.2) is 67.8 Å². The van der Waals surface area contributed by atoms with E-state index in [0.29, 0.717) is 5.56 Å². The van der Waals surface area contributed by atoms with Gasteiger partial charge in [-0.15, -0.1) is 0 Å². The summed E-state index contributed by atoms with van der Waals surface area (Å²) in [6.45, 7) is 8.59. The van der Waals surface area contributed by atoms with Crippen molar-refractivity contribution in [2.75, 3.05) is 45.9 Å². The molecule has 1 atom stereocenters. The summed E-state index contributed by atoms with van der Waals surface area (Å²) in [4.78, 5) is 17.3. The molecule has 3 saturated heterocycles. The Balaban J connectivity index is 1.31. The van der Waals surface area contributed by atoms with Crippen molar-refractivity contribution in [3.8, 4) is 0 Å². The van der Waals surface area contributed by atoms with Crippen LogP contribution in [0.15, 0.2) is 18.2 Å². The van der Waals surface area contributed by atoms with Gasteiger partial charge in [0.05, 0.1) is 18.6 Å². The standard InChI is InChI=1S/C21H29FN2O3/c1-16-12-17(2-3-19(16)22)14-23-6-4-21(5-7-23)13-18(27-20(21)25)15-24-8-10-26-11-9-24/h2-3,12,18H,4-11,13-15H2,1H3. The second kappa shape index (κ2) is 7.86. The number of cyclic esters (lactones) is 1. The summed E-state index contributed by atoms with van der Waals surface area (Å²) in [5, 5.41) is 0. The highest BCUT2D eigenvalue weighted by atomic mass is 19.1. The number of likely N-dealkylation sites (tertiary alicyclic amines) is 1. The molecule has 0 radical (unpaired) electrons. The number of benzene rings is 1. The average molecular weight is 376 g/mol. The van der Waals surface area contributed by atoms with Gasteiger partial charge in [-0.05, 0) is 50.0 Å². The molecule has 0 aliphatic carbocycles. The van der Waals surface area contributed by atoms with Gasteiger partial charge in [0.25, 0.3) is 0 Å². The second-order valence-corrected chi connectivity index (χ2v) is 8.28. The normalized spacial score (nSPS) is 26.4. The number of halogens is 1. The maximum Gasteiger partial charge on any atom is 0.312 e. The van der Waals surface area contributed by atoms with Crippen molar-refractivity contribution in [1.29, 1.82) is 0 Å². The maximum absolute atomic E-state index is 13.4. The van der Waals surface area contributed by atoms with Gasteiger partial charge in [-0.3, -0.25) is 14.6 Å². The van der Waals surface area contributed by atoms with Crippen LogP contribution in [0.25, 0.3) is 0 Å². The molecule has 3 fully saturated rings. The summed E-state index contributed by atoms with van der Waals surface area (Å²) < 4.78 is 24.6. The van der Waals surface area contributed by atoms with Crippen molar-refractivity contribution in [1.82, 2.24) is 9.80 Å². The molecule has 148 valence electrons. The number of aryl methyl sites for hydroxylation is 1. The Bertz CT molecular complexity index is 682. The molecule has 5 nitrogen and oxygen atoms in total. The van der Waals surface area contributed by atoms with Crippen molar-refractivity contribution in [2.45, 2.75) is 38.8 Å². The van der Waals surface area contributed by atoms with E-state index in [9.17, 15) is 9.18 Å². The lowest BCUT2D eigenvalue weighted by atomic mass is 9.76. The van der Waals surface area contributed by atoms with Gasteiger partial charge in [0.2, 0.25) is 0 Å². The maximum atomic E-state index is 13.4. The van der Waals surface area contributed by atoms with Gasteiger partial charge in [0.1, 0.15) is 11.9 Å². The molecule has 27 heavy (non-hydrogen) atoms. The number of hydrogen-bond acceptors (Lipinski definition) is 5. The van der Waals surface area contributed by atoms with E-state index < -0.39 is 0 Å². The van der Waals surface area contributed by atoms with Gasteiger partial charge >= 0.3 is 5.97 Å². The molecule has 0 N–H and O–H groups in total. The predicted molar refractivity (Wildman–Crippen MR) is 99.8 cm³/mol. The molecule has 1 aromatic carbocycles. The molecule has 1 spiro atoms. The molecule has 3 heterocycles. The van der Waals surface area contributed by atoms with Crippen LogP contribution in [-0.2, 0) is 20.8 Å². The Kier molecular flexibility index (Phi) is 5.48. The largest absolute Gasteiger partial charge is 0.461 e. The molecule has 1 unspecified atom stereocenters. The number of carbonyl (C=O) groups is 1. The number of morpholine rings is 1. The van der Waals surface area contributed by atoms with Crippen molar-refractivity contribution in [3.05, 3.63) is 35.1 Å². The zero-order valence-corrected chi connectivity index (χ0v) is 16.1. The van der Waals surface area contributed by atoms with E-state index in [2.05, 4.69) is 9.80 Å². The minimum absolute atomic E-state index is 0.00182. The lowest BCUT2D eigenvalue weighted by Crippen LogP contribution is -2.43. The van der Waals surface area contributed by atoms with Crippen molar-refractivity contribution in [3.63, 3.8) is 0 Å². The quantitative estimate of drug-likeness (QED) is 0.755. The minimum Gasteiger partial charge on any atom is -0.461 e. The fraction of sp³-hybridized carbons (Fsp3) is 0.667. The fourth-order valence-electron chi connectivity index (χ4n) is 4.62. The molecule has 4 rings (SSSR count). The van der Waals surface area contributed by atoms with E-state index in [4.69, 9.17) is 9.47 Å². The highest BCUT2D eigenvalue weighted by Crippen LogP contribution is 2.43. The lowest BCUT2D eigenvalue weighted by Gasteiger charge is -2.36. The summed E-state index contributed by atoms with van der Waals surface area (Å²) in [7, 11) is 0. The van der Waals surface area contributed by atoms with E-state index in [1.54, 1.807) is 13.0 Å². The van der Waals surface area contributed by atoms with Crippen LogP contribution in [0.1, 0.15) is 30.4 Å². The number of hydrogen-bond donors (Lipinski definition) is 0. The molecule has 0 bridgehead atoms. The number of piperidine rings is 1. The van der Waals surface area contributed by atoms with Crippen LogP contribution >= 0.6 is 0 Å². The smallest absolute Gasteiger partial charge is 0.312 e. The van der Waals surface area contributed by atoms with E-state index in [0.717, 1.165) is 77.3 Å². The second-order valence-electron chi connectivity index (χ2n) is 8.28. The third kappa shape index (κ3) is 4.18. The van der Waals surface area contributed by atoms with Gasteiger partial charge < -0.3 is 9.47 Å². The molecular formula is C21H29FN2O3. The van der Waals surface area contributed by atoms with Gasteiger partial charge in [0, 0.05) is 32.6 Å². The first-order valence-corrected chi connectivity index (χ1v) is 10.0. The lowest BCUT2D eigenvalue weighted by molar-refractivity contribution is -0.151. The average Bonchev–Trinajstić information content (AvgIpc) is 2.96. The SMILES string of the molecule is Cc1cc(CN2CCC3(CC2)CC(CN2CCOCC2)OC3=O)ccc1F. The molecule has 6 heteroatoms. The Morgan fingerprint density at radius 2 is 1.89 bits per heavy atom. The number of carbonyl (C=O) groups excluding carboxylic acids is 1. The van der Waals surface area contributed by atoms with Crippen LogP contribution in [0.4, 0.5) is 4.39 Å². The Hall–Kier alpha value is -1.50. The van der Waals surface area contributed by atoms with E-state index in [1.807, 2.05) is 12.1 Å². The topological polar surface area (TPSA) is 42.0 Å². The first kappa shape index (κ1) is 18.8. The monoisotopic (exact) mass is 376 g/mol. The zero-order chi connectivity index (χ0) is 18.9. The van der Waals surface area contributed by atoms with Gasteiger partial charge in [-0.2, -0.15) is 0 Å². The highest BCUT2D eigenvalue weighted by molar-refractivity contribution is 5.79. The molecule has 0 saturated carbocycles. The third-order valence-electron chi connectivity index (χ3n) is 6.33. The minimum atomic E-state index is -0.299. The zero-order valence-electron chi connectivity index (χ0n) is 16.1. The summed E-state index contributed by atoms with van der Waals surface area (Å²) >= 11 is 0. The van der Waals surface area contributed by atoms with Gasteiger partial charge in [0.15, 0.2) is 0 Å². The summed E-state index contributed by atoms with van der Waals surface area (Å²) in [5.74, 6) is -0.158. The Morgan fingerprint density at radius 1 is 1.15 bits per heavy atom. The predicted octanol–water partition coefficient (Wildman–Crippen LogP) is 2.36. The van der Waals surface area contributed by atoms with E-state index >= 15 is 0 Å². The summed E-state index contributed by atoms with van der Waals surface area (Å²) in [6.07, 6.45) is 2.56. The summed E-state index contributed by atoms with van der Waals surface area (Å²) in [5.41, 5.74) is 1.52. The molecule has 1 aromatic rings. The van der Waals surface area contributed by atoms with Crippen LogP contribution < -0.4 is 0 Å². The summed E-state index contributed by atoms with van der Waals surface area (Å²) in [6, 6.07) is 5.32. The van der Waals surface area contributed by atoms with Gasteiger partial charge in [-0.25, -0.2) is 4.39 Å². The molecular weight excluding hydrogens is 347 g/mol. The molecule has 3 aliphatic rings. The molecule has 3 aliphatic heterocycles. The number of nitrogens with zero attached hydrogens (tertiary/aromatic N) is 2. The Morgan fingerprint density at radius 3 is 2.59 bits per heavy atom. The first-order chi connectivity index (χ1) is 13.0. The third-order valence-corrected chi connectivity index (χ3v) is 6.33. The van der Waals surface area contributed by atoms with Crippen LogP contribution in [0, 0.1) is 18.2 Å². The number of rotatable bonds is 4. The van der Waals surface area contributed by atoms with Crippen LogP contribution in [0.3, 0.4) is 0 Å².